The third-order valence-corrected chi connectivity index (χ3v) is 4.39. The molecule has 1 aliphatic rings. The van der Waals surface area contributed by atoms with E-state index >= 15 is 0 Å². The number of urea groups is 1. The maximum Gasteiger partial charge on any atom is 0.407 e. The molecule has 4 amide bonds. The van der Waals surface area contributed by atoms with Gasteiger partial charge in [0.2, 0.25) is 5.91 Å². The highest BCUT2D eigenvalue weighted by Crippen LogP contribution is 2.21. The average Bonchev–Trinajstić information content (AvgIpc) is 2.98. The lowest BCUT2D eigenvalue weighted by Crippen LogP contribution is -2.49. The van der Waals surface area contributed by atoms with Gasteiger partial charge in [-0.15, -0.1) is 0 Å². The number of amides is 4. The Morgan fingerprint density at radius 2 is 1.83 bits per heavy atom. The van der Waals surface area contributed by atoms with Gasteiger partial charge < -0.3 is 19.7 Å². The van der Waals surface area contributed by atoms with Crippen LogP contribution in [0, 0.1) is 5.92 Å². The summed E-state index contributed by atoms with van der Waals surface area (Å²) in [7, 11) is 1.51. The highest BCUT2D eigenvalue weighted by Gasteiger charge is 2.46. The lowest BCUT2D eigenvalue weighted by molar-refractivity contribution is -0.162. The monoisotopic (exact) mass is 419 g/mol. The molecule has 0 radical (unpaired) electrons. The second kappa shape index (κ2) is 9.60. The van der Waals surface area contributed by atoms with E-state index in [-0.39, 0.29) is 19.7 Å². The fourth-order valence-corrected chi connectivity index (χ4v) is 2.87. The predicted molar refractivity (Wildman–Crippen MR) is 108 cm³/mol. The minimum absolute atomic E-state index is 0.0407. The van der Waals surface area contributed by atoms with Crippen LogP contribution in [0.15, 0.2) is 30.3 Å². The summed E-state index contributed by atoms with van der Waals surface area (Å²) in [5, 5.41) is 2.52. The first-order valence-electron chi connectivity index (χ1n) is 9.75. The minimum atomic E-state index is -1.03. The molecule has 0 aromatic heterocycles. The van der Waals surface area contributed by atoms with Crippen LogP contribution in [-0.4, -0.2) is 65.6 Å². The number of likely N-dealkylation sites (N-methyl/N-ethyl adjacent to an activating group) is 1. The SMILES string of the molecule is C[C@H](CNC(=O)OCc1ccccc1)C(=O)N1C(=O)N(C)C[C@H]1C(=O)OC(C)(C)C. The van der Waals surface area contributed by atoms with Gasteiger partial charge in [0.25, 0.3) is 0 Å². The molecule has 0 unspecified atom stereocenters. The maximum atomic E-state index is 12.9. The molecule has 1 aliphatic heterocycles. The van der Waals surface area contributed by atoms with Crippen molar-refractivity contribution < 1.29 is 28.7 Å². The molecule has 164 valence electrons. The van der Waals surface area contributed by atoms with Gasteiger partial charge in [0, 0.05) is 13.6 Å². The summed E-state index contributed by atoms with van der Waals surface area (Å²) in [5.74, 6) is -1.95. The lowest BCUT2D eigenvalue weighted by Gasteiger charge is -2.26. The Balaban J connectivity index is 1.93. The number of carbonyl (C=O) groups excluding carboxylic acids is 4. The van der Waals surface area contributed by atoms with Crippen molar-refractivity contribution in [2.75, 3.05) is 20.1 Å². The van der Waals surface area contributed by atoms with Crippen LogP contribution in [0.1, 0.15) is 33.3 Å². The van der Waals surface area contributed by atoms with Crippen molar-refractivity contribution in [1.29, 1.82) is 0 Å². The standard InChI is InChI=1S/C21H29N3O6/c1-14(11-22-19(27)29-13-15-9-7-6-8-10-15)17(25)24-16(12-23(5)20(24)28)18(26)30-21(2,3)4/h6-10,14,16H,11-13H2,1-5H3,(H,22,27)/t14-,16+/m1/s1. The molecule has 2 atom stereocenters. The molecule has 1 N–H and O–H groups in total. The summed E-state index contributed by atoms with van der Waals surface area (Å²) in [5.41, 5.74) is 0.0915. The number of carbonyl (C=O) groups is 4. The Morgan fingerprint density at radius 1 is 1.20 bits per heavy atom. The van der Waals surface area contributed by atoms with Gasteiger partial charge in [-0.2, -0.15) is 0 Å². The second-order valence-electron chi connectivity index (χ2n) is 8.26. The Kier molecular flexibility index (Phi) is 7.42. The number of hydrogen-bond donors (Lipinski definition) is 1. The number of esters is 1. The van der Waals surface area contributed by atoms with Crippen molar-refractivity contribution >= 4 is 24.0 Å². The third kappa shape index (κ3) is 6.20. The summed E-state index contributed by atoms with van der Waals surface area (Å²) in [6.07, 6.45) is -0.674. The van der Waals surface area contributed by atoms with Gasteiger partial charge in [0.1, 0.15) is 12.2 Å². The molecule has 9 heteroatoms. The van der Waals surface area contributed by atoms with Crippen LogP contribution in [-0.2, 0) is 25.7 Å². The van der Waals surface area contributed by atoms with E-state index in [0.29, 0.717) is 0 Å². The molecule has 0 spiro atoms. The molecule has 2 rings (SSSR count). The zero-order valence-electron chi connectivity index (χ0n) is 18.0. The number of imide groups is 1. The van der Waals surface area contributed by atoms with E-state index in [0.717, 1.165) is 10.5 Å². The molecule has 1 aromatic carbocycles. The average molecular weight is 419 g/mol. The Labute approximate surface area is 176 Å². The van der Waals surface area contributed by atoms with Crippen LogP contribution in [0.5, 0.6) is 0 Å². The fourth-order valence-electron chi connectivity index (χ4n) is 2.87. The molecule has 1 heterocycles. The number of rotatable bonds is 6. The Bertz CT molecular complexity index is 790. The zero-order valence-corrected chi connectivity index (χ0v) is 18.0. The van der Waals surface area contributed by atoms with Crippen LogP contribution in [0.3, 0.4) is 0 Å². The molecular weight excluding hydrogens is 390 g/mol. The summed E-state index contributed by atoms with van der Waals surface area (Å²) >= 11 is 0. The first-order valence-corrected chi connectivity index (χ1v) is 9.75. The first kappa shape index (κ1) is 23.2. The smallest absolute Gasteiger partial charge is 0.407 e. The third-order valence-electron chi connectivity index (χ3n) is 4.39. The topological polar surface area (TPSA) is 105 Å². The van der Waals surface area contributed by atoms with Crippen molar-refractivity contribution in [2.45, 2.75) is 45.9 Å². The van der Waals surface area contributed by atoms with E-state index in [9.17, 15) is 19.2 Å². The fraction of sp³-hybridized carbons (Fsp3) is 0.524. The molecular formula is C21H29N3O6. The van der Waals surface area contributed by atoms with Gasteiger partial charge in [-0.25, -0.2) is 19.3 Å². The lowest BCUT2D eigenvalue weighted by atomic mass is 10.1. The Hall–Kier alpha value is -3.10. The summed E-state index contributed by atoms with van der Waals surface area (Å²) < 4.78 is 10.5. The zero-order chi connectivity index (χ0) is 22.5. The van der Waals surface area contributed by atoms with E-state index < -0.39 is 41.6 Å². The number of alkyl carbamates (subject to hydrolysis) is 1. The van der Waals surface area contributed by atoms with E-state index in [1.165, 1.54) is 11.9 Å². The molecule has 30 heavy (non-hydrogen) atoms. The molecule has 1 aromatic rings. The summed E-state index contributed by atoms with van der Waals surface area (Å²) in [4.78, 5) is 51.9. The van der Waals surface area contributed by atoms with Gasteiger partial charge in [0.15, 0.2) is 6.04 Å². The van der Waals surface area contributed by atoms with Crippen LogP contribution in [0.25, 0.3) is 0 Å². The van der Waals surface area contributed by atoms with Crippen LogP contribution >= 0.6 is 0 Å². The highest BCUT2D eigenvalue weighted by atomic mass is 16.6. The first-order chi connectivity index (χ1) is 14.0. The summed E-state index contributed by atoms with van der Waals surface area (Å²) in [6.45, 7) is 6.82. The molecule has 0 bridgehead atoms. The maximum absolute atomic E-state index is 12.9. The van der Waals surface area contributed by atoms with Gasteiger partial charge in [-0.1, -0.05) is 37.3 Å². The molecule has 9 nitrogen and oxygen atoms in total. The predicted octanol–water partition coefficient (Wildman–Crippen LogP) is 2.15. The number of hydrogen-bond acceptors (Lipinski definition) is 6. The number of nitrogens with one attached hydrogen (secondary N) is 1. The highest BCUT2D eigenvalue weighted by molar-refractivity contribution is 6.02. The summed E-state index contributed by atoms with van der Waals surface area (Å²) in [6, 6.07) is 7.58. The number of ether oxygens (including phenoxy) is 2. The number of benzene rings is 1. The molecule has 1 saturated heterocycles. The largest absolute Gasteiger partial charge is 0.458 e. The van der Waals surface area contributed by atoms with E-state index in [1.54, 1.807) is 27.7 Å². The van der Waals surface area contributed by atoms with Crippen LogP contribution in [0.2, 0.25) is 0 Å². The molecule has 0 aliphatic carbocycles. The van der Waals surface area contributed by atoms with Gasteiger partial charge >= 0.3 is 18.1 Å². The van der Waals surface area contributed by atoms with Crippen molar-refractivity contribution in [3.8, 4) is 0 Å². The van der Waals surface area contributed by atoms with E-state index in [4.69, 9.17) is 9.47 Å². The van der Waals surface area contributed by atoms with E-state index in [1.807, 2.05) is 30.3 Å². The van der Waals surface area contributed by atoms with Gasteiger partial charge in [-0.3, -0.25) is 4.79 Å². The van der Waals surface area contributed by atoms with Crippen molar-refractivity contribution in [3.05, 3.63) is 35.9 Å². The van der Waals surface area contributed by atoms with Crippen molar-refractivity contribution in [3.63, 3.8) is 0 Å². The van der Waals surface area contributed by atoms with Gasteiger partial charge in [-0.05, 0) is 26.3 Å². The number of nitrogens with zero attached hydrogens (tertiary/aromatic N) is 2. The normalized spacial score (nSPS) is 17.5. The van der Waals surface area contributed by atoms with Crippen LogP contribution < -0.4 is 5.32 Å². The molecule has 0 saturated carbocycles. The van der Waals surface area contributed by atoms with Gasteiger partial charge in [0.05, 0.1) is 12.5 Å². The molecule has 1 fully saturated rings. The Morgan fingerprint density at radius 3 is 2.43 bits per heavy atom. The van der Waals surface area contributed by atoms with Crippen molar-refractivity contribution in [1.82, 2.24) is 15.1 Å². The second-order valence-corrected chi connectivity index (χ2v) is 8.26. The minimum Gasteiger partial charge on any atom is -0.458 e. The quantitative estimate of drug-likeness (QED) is 0.709. The van der Waals surface area contributed by atoms with Crippen LogP contribution in [0.4, 0.5) is 9.59 Å². The van der Waals surface area contributed by atoms with Crippen molar-refractivity contribution in [2.24, 2.45) is 5.92 Å². The van der Waals surface area contributed by atoms with E-state index in [2.05, 4.69) is 5.32 Å².